The fourth-order valence-electron chi connectivity index (χ4n) is 2.78. The third-order valence-corrected chi connectivity index (χ3v) is 3.90. The lowest BCUT2D eigenvalue weighted by atomic mass is 10.0. The maximum absolute atomic E-state index is 10.4. The standard InChI is InChI=1S/C17H22N2O2.2ClH/c20-17(12-21-11-14-10-18-8-9-19-14)16-7-3-5-13-4-1-2-6-15(13)16;;/h1-7,14,17-20H,8-12H2;2*1H. The summed E-state index contributed by atoms with van der Waals surface area (Å²) < 4.78 is 5.69. The molecule has 1 aliphatic heterocycles. The summed E-state index contributed by atoms with van der Waals surface area (Å²) in [6, 6.07) is 14.4. The molecule has 2 atom stereocenters. The zero-order valence-electron chi connectivity index (χ0n) is 12.9. The number of aliphatic hydroxyl groups excluding tert-OH is 1. The van der Waals surface area contributed by atoms with Crippen LogP contribution in [0, 0.1) is 0 Å². The van der Waals surface area contributed by atoms with Crippen molar-refractivity contribution in [2.75, 3.05) is 32.8 Å². The molecule has 2 unspecified atom stereocenters. The fraction of sp³-hybridized carbons (Fsp3) is 0.412. The summed E-state index contributed by atoms with van der Waals surface area (Å²) in [5.41, 5.74) is 0.933. The Kier molecular flexibility index (Phi) is 8.84. The van der Waals surface area contributed by atoms with Crippen LogP contribution in [0.15, 0.2) is 42.5 Å². The van der Waals surface area contributed by atoms with Crippen LogP contribution in [0.5, 0.6) is 0 Å². The van der Waals surface area contributed by atoms with E-state index in [9.17, 15) is 5.11 Å². The highest BCUT2D eigenvalue weighted by molar-refractivity contribution is 5.86. The molecule has 0 bridgehead atoms. The number of halogens is 2. The Bertz CT molecular complexity index is 586. The van der Waals surface area contributed by atoms with Gasteiger partial charge < -0.3 is 20.5 Å². The number of hydrogen-bond acceptors (Lipinski definition) is 4. The Balaban J connectivity index is 0.00000132. The molecular formula is C17H24Cl2N2O2. The first-order valence-electron chi connectivity index (χ1n) is 7.52. The SMILES string of the molecule is Cl.Cl.OC(COCC1CNCCN1)c1cccc2ccccc12. The summed E-state index contributed by atoms with van der Waals surface area (Å²) in [5, 5.41) is 19.3. The average molecular weight is 359 g/mol. The van der Waals surface area contributed by atoms with Crippen molar-refractivity contribution in [2.24, 2.45) is 0 Å². The summed E-state index contributed by atoms with van der Waals surface area (Å²) in [6.45, 7) is 3.85. The van der Waals surface area contributed by atoms with Gasteiger partial charge >= 0.3 is 0 Å². The minimum absolute atomic E-state index is 0. The van der Waals surface area contributed by atoms with E-state index >= 15 is 0 Å². The molecule has 0 saturated carbocycles. The van der Waals surface area contributed by atoms with Crippen molar-refractivity contribution < 1.29 is 9.84 Å². The number of ether oxygens (including phenoxy) is 1. The zero-order chi connectivity index (χ0) is 14.5. The molecule has 23 heavy (non-hydrogen) atoms. The third-order valence-electron chi connectivity index (χ3n) is 3.90. The van der Waals surface area contributed by atoms with E-state index in [0.29, 0.717) is 19.3 Å². The van der Waals surface area contributed by atoms with Crippen molar-refractivity contribution in [2.45, 2.75) is 12.1 Å². The van der Waals surface area contributed by atoms with Gasteiger partial charge in [-0.05, 0) is 16.3 Å². The van der Waals surface area contributed by atoms with Crippen LogP contribution in [-0.4, -0.2) is 44.0 Å². The Morgan fingerprint density at radius 1 is 1.09 bits per heavy atom. The summed E-state index contributed by atoms with van der Waals surface area (Å²) in [6.07, 6.45) is -0.590. The average Bonchev–Trinajstić information content (AvgIpc) is 2.55. The molecule has 0 spiro atoms. The Labute approximate surface area is 149 Å². The maximum atomic E-state index is 10.4. The number of piperazine rings is 1. The molecule has 4 nitrogen and oxygen atoms in total. The van der Waals surface area contributed by atoms with E-state index in [1.165, 1.54) is 0 Å². The molecule has 0 radical (unpaired) electrons. The summed E-state index contributed by atoms with van der Waals surface area (Å²) in [5.74, 6) is 0. The number of rotatable bonds is 5. The quantitative estimate of drug-likeness (QED) is 0.767. The van der Waals surface area contributed by atoms with Crippen molar-refractivity contribution >= 4 is 35.6 Å². The molecule has 1 aliphatic rings. The molecule has 3 N–H and O–H groups in total. The molecule has 0 aliphatic carbocycles. The van der Waals surface area contributed by atoms with Crippen LogP contribution in [0.4, 0.5) is 0 Å². The monoisotopic (exact) mass is 358 g/mol. The lowest BCUT2D eigenvalue weighted by Gasteiger charge is -2.24. The van der Waals surface area contributed by atoms with E-state index in [1.807, 2.05) is 30.3 Å². The van der Waals surface area contributed by atoms with Gasteiger partial charge in [-0.1, -0.05) is 42.5 Å². The maximum Gasteiger partial charge on any atom is 0.103 e. The minimum Gasteiger partial charge on any atom is -0.386 e. The van der Waals surface area contributed by atoms with Gasteiger partial charge in [0.1, 0.15) is 6.10 Å². The van der Waals surface area contributed by atoms with Gasteiger partial charge in [0.05, 0.1) is 13.2 Å². The first-order chi connectivity index (χ1) is 10.3. The zero-order valence-corrected chi connectivity index (χ0v) is 14.5. The van der Waals surface area contributed by atoms with Gasteiger partial charge in [-0.25, -0.2) is 0 Å². The minimum atomic E-state index is -0.590. The molecule has 0 amide bonds. The highest BCUT2D eigenvalue weighted by Gasteiger charge is 2.15. The topological polar surface area (TPSA) is 53.5 Å². The Morgan fingerprint density at radius 2 is 1.87 bits per heavy atom. The number of aliphatic hydroxyl groups is 1. The first-order valence-corrected chi connectivity index (χ1v) is 7.52. The molecule has 128 valence electrons. The number of fused-ring (bicyclic) bond motifs is 1. The largest absolute Gasteiger partial charge is 0.386 e. The molecule has 2 aromatic carbocycles. The second kappa shape index (κ2) is 10.1. The molecule has 6 heteroatoms. The normalized spacial score (nSPS) is 18.7. The highest BCUT2D eigenvalue weighted by Crippen LogP contribution is 2.24. The van der Waals surface area contributed by atoms with Gasteiger partial charge in [-0.2, -0.15) is 0 Å². The van der Waals surface area contributed by atoms with Gasteiger partial charge in [0.25, 0.3) is 0 Å². The molecule has 1 saturated heterocycles. The smallest absolute Gasteiger partial charge is 0.103 e. The molecule has 0 aromatic heterocycles. The van der Waals surface area contributed by atoms with E-state index in [0.717, 1.165) is 36.0 Å². The highest BCUT2D eigenvalue weighted by atomic mass is 35.5. The van der Waals surface area contributed by atoms with E-state index in [2.05, 4.69) is 22.8 Å². The third kappa shape index (κ3) is 5.31. The number of hydrogen-bond donors (Lipinski definition) is 3. The molecule has 2 aromatic rings. The summed E-state index contributed by atoms with van der Waals surface area (Å²) in [7, 11) is 0. The molecule has 1 heterocycles. The van der Waals surface area contributed by atoms with Crippen LogP contribution in [-0.2, 0) is 4.74 Å². The van der Waals surface area contributed by atoms with E-state index < -0.39 is 6.10 Å². The van der Waals surface area contributed by atoms with Crippen molar-refractivity contribution in [3.8, 4) is 0 Å². The lowest BCUT2D eigenvalue weighted by molar-refractivity contribution is 0.0258. The number of benzene rings is 2. The first kappa shape index (κ1) is 20.2. The van der Waals surface area contributed by atoms with Gasteiger partial charge in [-0.15, -0.1) is 24.8 Å². The number of nitrogens with one attached hydrogen (secondary N) is 2. The predicted molar refractivity (Wildman–Crippen MR) is 98.9 cm³/mol. The van der Waals surface area contributed by atoms with E-state index in [1.54, 1.807) is 0 Å². The van der Waals surface area contributed by atoms with Crippen LogP contribution < -0.4 is 10.6 Å². The van der Waals surface area contributed by atoms with E-state index in [4.69, 9.17) is 4.74 Å². The van der Waals surface area contributed by atoms with Crippen LogP contribution in [0.1, 0.15) is 11.7 Å². The predicted octanol–water partition coefficient (Wildman–Crippen LogP) is 2.29. The van der Waals surface area contributed by atoms with Crippen molar-refractivity contribution in [1.29, 1.82) is 0 Å². The Hall–Kier alpha value is -0.880. The van der Waals surface area contributed by atoms with Gasteiger partial charge in [-0.3, -0.25) is 0 Å². The Morgan fingerprint density at radius 3 is 2.65 bits per heavy atom. The van der Waals surface area contributed by atoms with Gasteiger partial charge in [0, 0.05) is 25.7 Å². The molecule has 3 rings (SSSR count). The lowest BCUT2D eigenvalue weighted by Crippen LogP contribution is -2.50. The van der Waals surface area contributed by atoms with Crippen LogP contribution in [0.2, 0.25) is 0 Å². The molecular weight excluding hydrogens is 335 g/mol. The van der Waals surface area contributed by atoms with Gasteiger partial charge in [0.2, 0.25) is 0 Å². The van der Waals surface area contributed by atoms with Crippen molar-refractivity contribution in [3.05, 3.63) is 48.0 Å². The fourth-order valence-corrected chi connectivity index (χ4v) is 2.78. The van der Waals surface area contributed by atoms with Crippen LogP contribution in [0.3, 0.4) is 0 Å². The molecule has 1 fully saturated rings. The summed E-state index contributed by atoms with van der Waals surface area (Å²) >= 11 is 0. The van der Waals surface area contributed by atoms with Crippen molar-refractivity contribution in [3.63, 3.8) is 0 Å². The second-order valence-corrected chi connectivity index (χ2v) is 5.48. The second-order valence-electron chi connectivity index (χ2n) is 5.48. The summed E-state index contributed by atoms with van der Waals surface area (Å²) in [4.78, 5) is 0. The van der Waals surface area contributed by atoms with Crippen molar-refractivity contribution in [1.82, 2.24) is 10.6 Å². The van der Waals surface area contributed by atoms with Gasteiger partial charge in [0.15, 0.2) is 0 Å². The van der Waals surface area contributed by atoms with Crippen LogP contribution >= 0.6 is 24.8 Å². The van der Waals surface area contributed by atoms with Crippen LogP contribution in [0.25, 0.3) is 10.8 Å². The van der Waals surface area contributed by atoms with E-state index in [-0.39, 0.29) is 24.8 Å².